The van der Waals surface area contributed by atoms with Gasteiger partial charge in [-0.25, -0.2) is 14.0 Å². The van der Waals surface area contributed by atoms with Crippen LogP contribution in [0.4, 0.5) is 14.9 Å². The molecule has 0 aromatic heterocycles. The molecule has 1 aromatic rings. The molecule has 0 spiro atoms. The predicted octanol–water partition coefficient (Wildman–Crippen LogP) is 2.79. The topological polar surface area (TPSA) is 76.2 Å². The zero-order chi connectivity index (χ0) is 20.7. The van der Waals surface area contributed by atoms with Gasteiger partial charge in [0.25, 0.3) is 5.91 Å². The summed E-state index contributed by atoms with van der Waals surface area (Å²) >= 11 is 0. The fourth-order valence-corrected chi connectivity index (χ4v) is 3.63. The number of carbonyl (C=O) groups excluding carboxylic acids is 3. The summed E-state index contributed by atoms with van der Waals surface area (Å²) in [6, 6.07) is 6.26. The van der Waals surface area contributed by atoms with Gasteiger partial charge in [0.05, 0.1) is 12.7 Å². The molecule has 2 atom stereocenters. The van der Waals surface area contributed by atoms with Crippen LogP contribution in [0.1, 0.15) is 37.6 Å². The van der Waals surface area contributed by atoms with Crippen LogP contribution in [0.25, 0.3) is 0 Å². The minimum atomic E-state index is -2.00. The first-order valence-corrected chi connectivity index (χ1v) is 9.22. The molecule has 2 fully saturated rings. The number of halogens is 1. The number of benzene rings is 1. The predicted molar refractivity (Wildman–Crippen MR) is 99.9 cm³/mol. The van der Waals surface area contributed by atoms with Crippen molar-refractivity contribution in [1.82, 2.24) is 4.90 Å². The van der Waals surface area contributed by atoms with E-state index >= 15 is 4.39 Å². The van der Waals surface area contributed by atoms with Gasteiger partial charge in [-0.2, -0.15) is 0 Å². The molecule has 0 N–H and O–H groups in total. The standard InChI is InChI=1S/C20H25FN2O5/c1-19(2,3)28-18(26)22-10-9-20(21)14(11-22)12-23(17(20)25)15-7-5-13(6-8-15)16(24)27-4/h5-8,14H,9-12H2,1-4H3/t14-,20+/m1/s1. The van der Waals surface area contributed by atoms with Gasteiger partial charge in [-0.3, -0.25) is 4.79 Å². The van der Waals surface area contributed by atoms with Crippen molar-refractivity contribution >= 4 is 23.7 Å². The number of hydrogen-bond donors (Lipinski definition) is 0. The van der Waals surface area contributed by atoms with E-state index in [1.54, 1.807) is 32.9 Å². The van der Waals surface area contributed by atoms with Crippen molar-refractivity contribution in [3.05, 3.63) is 29.8 Å². The average Bonchev–Trinajstić information content (AvgIpc) is 2.90. The molecule has 7 nitrogen and oxygen atoms in total. The summed E-state index contributed by atoms with van der Waals surface area (Å²) in [5.41, 5.74) is -1.78. The van der Waals surface area contributed by atoms with Gasteiger partial charge in [0.2, 0.25) is 0 Å². The minimum Gasteiger partial charge on any atom is -0.465 e. The van der Waals surface area contributed by atoms with Crippen molar-refractivity contribution < 1.29 is 28.2 Å². The molecular weight excluding hydrogens is 367 g/mol. The number of amides is 2. The molecule has 1 aromatic carbocycles. The fourth-order valence-electron chi connectivity index (χ4n) is 3.63. The van der Waals surface area contributed by atoms with Crippen LogP contribution >= 0.6 is 0 Å². The van der Waals surface area contributed by atoms with Gasteiger partial charge in [-0.05, 0) is 45.0 Å². The zero-order valence-electron chi connectivity index (χ0n) is 16.5. The average molecular weight is 392 g/mol. The van der Waals surface area contributed by atoms with E-state index in [9.17, 15) is 14.4 Å². The summed E-state index contributed by atoms with van der Waals surface area (Å²) in [5.74, 6) is -1.73. The monoisotopic (exact) mass is 392 g/mol. The van der Waals surface area contributed by atoms with E-state index in [-0.39, 0.29) is 26.1 Å². The highest BCUT2D eigenvalue weighted by Gasteiger charge is 2.58. The molecule has 0 saturated carbocycles. The van der Waals surface area contributed by atoms with Crippen LogP contribution in [0.5, 0.6) is 0 Å². The maximum Gasteiger partial charge on any atom is 0.410 e. The smallest absolute Gasteiger partial charge is 0.410 e. The number of methoxy groups -OCH3 is 1. The minimum absolute atomic E-state index is 0.0630. The molecular formula is C20H25FN2O5. The molecule has 28 heavy (non-hydrogen) atoms. The van der Waals surface area contributed by atoms with E-state index in [2.05, 4.69) is 4.74 Å². The van der Waals surface area contributed by atoms with E-state index in [4.69, 9.17) is 4.74 Å². The van der Waals surface area contributed by atoms with E-state index in [0.29, 0.717) is 11.3 Å². The Kier molecular flexibility index (Phi) is 5.08. The molecule has 3 rings (SSSR count). The zero-order valence-corrected chi connectivity index (χ0v) is 16.5. The molecule has 0 unspecified atom stereocenters. The first kappa shape index (κ1) is 20.1. The van der Waals surface area contributed by atoms with Crippen LogP contribution in [0.3, 0.4) is 0 Å². The summed E-state index contributed by atoms with van der Waals surface area (Å²) in [4.78, 5) is 39.5. The number of anilines is 1. The number of carbonyl (C=O) groups is 3. The SMILES string of the molecule is COC(=O)c1ccc(N2C[C@H]3CN(C(=O)OC(C)(C)C)CC[C@@]3(F)C2=O)cc1. The molecule has 2 heterocycles. The van der Waals surface area contributed by atoms with Gasteiger partial charge >= 0.3 is 12.1 Å². The second-order valence-electron chi connectivity index (χ2n) is 8.19. The van der Waals surface area contributed by atoms with E-state index < -0.39 is 35.2 Å². The first-order valence-electron chi connectivity index (χ1n) is 9.22. The van der Waals surface area contributed by atoms with Crippen LogP contribution < -0.4 is 4.90 Å². The largest absolute Gasteiger partial charge is 0.465 e. The van der Waals surface area contributed by atoms with Crippen LogP contribution in [0.15, 0.2) is 24.3 Å². The Balaban J connectivity index is 1.75. The Morgan fingerprint density at radius 2 is 1.82 bits per heavy atom. The lowest BCUT2D eigenvalue weighted by molar-refractivity contribution is -0.131. The Morgan fingerprint density at radius 3 is 2.39 bits per heavy atom. The van der Waals surface area contributed by atoms with Gasteiger partial charge < -0.3 is 19.3 Å². The van der Waals surface area contributed by atoms with Crippen molar-refractivity contribution in [3.8, 4) is 0 Å². The molecule has 2 aliphatic heterocycles. The summed E-state index contributed by atoms with van der Waals surface area (Å²) < 4.78 is 25.5. The Morgan fingerprint density at radius 1 is 1.18 bits per heavy atom. The van der Waals surface area contributed by atoms with Crippen LogP contribution in [0, 0.1) is 5.92 Å². The molecule has 0 aliphatic carbocycles. The van der Waals surface area contributed by atoms with Crippen LogP contribution in [-0.4, -0.2) is 60.9 Å². The molecule has 0 radical (unpaired) electrons. The number of hydrogen-bond acceptors (Lipinski definition) is 5. The lowest BCUT2D eigenvalue weighted by atomic mass is 9.85. The second kappa shape index (κ2) is 7.07. The first-order chi connectivity index (χ1) is 13.0. The summed E-state index contributed by atoms with van der Waals surface area (Å²) in [5, 5.41) is 0. The summed E-state index contributed by atoms with van der Waals surface area (Å²) in [7, 11) is 1.29. The molecule has 2 amide bonds. The van der Waals surface area contributed by atoms with E-state index in [1.807, 2.05) is 0 Å². The summed E-state index contributed by atoms with van der Waals surface area (Å²) in [6.07, 6.45) is -0.560. The van der Waals surface area contributed by atoms with Crippen molar-refractivity contribution in [2.45, 2.75) is 38.5 Å². The number of nitrogens with zero attached hydrogens (tertiary/aromatic N) is 2. The molecule has 8 heteroatoms. The van der Waals surface area contributed by atoms with E-state index in [1.165, 1.54) is 29.0 Å². The lowest BCUT2D eigenvalue weighted by Gasteiger charge is -2.37. The number of ether oxygens (including phenoxy) is 2. The van der Waals surface area contributed by atoms with Crippen LogP contribution in [-0.2, 0) is 14.3 Å². The molecule has 0 bridgehead atoms. The van der Waals surface area contributed by atoms with Crippen molar-refractivity contribution in [2.24, 2.45) is 5.92 Å². The third kappa shape index (κ3) is 3.68. The maximum atomic E-state index is 15.5. The maximum absolute atomic E-state index is 15.5. The van der Waals surface area contributed by atoms with Gasteiger partial charge in [-0.1, -0.05) is 0 Å². The number of likely N-dealkylation sites (tertiary alicyclic amines) is 1. The Hall–Kier alpha value is -2.64. The van der Waals surface area contributed by atoms with Crippen molar-refractivity contribution in [2.75, 3.05) is 31.6 Å². The number of piperidine rings is 1. The van der Waals surface area contributed by atoms with Gasteiger partial charge in [0, 0.05) is 37.7 Å². The van der Waals surface area contributed by atoms with Crippen LogP contribution in [0.2, 0.25) is 0 Å². The fraction of sp³-hybridized carbons (Fsp3) is 0.550. The third-order valence-electron chi connectivity index (χ3n) is 5.09. The normalized spacial score (nSPS) is 24.8. The Labute approximate surface area is 163 Å². The van der Waals surface area contributed by atoms with Gasteiger partial charge in [0.15, 0.2) is 5.67 Å². The number of fused-ring (bicyclic) bond motifs is 1. The highest BCUT2D eigenvalue weighted by molar-refractivity contribution is 6.03. The van der Waals surface area contributed by atoms with Crippen molar-refractivity contribution in [3.63, 3.8) is 0 Å². The van der Waals surface area contributed by atoms with Gasteiger partial charge in [-0.15, -0.1) is 0 Å². The quantitative estimate of drug-likeness (QED) is 0.724. The molecule has 2 aliphatic rings. The number of alkyl halides is 1. The highest BCUT2D eigenvalue weighted by atomic mass is 19.1. The van der Waals surface area contributed by atoms with E-state index in [0.717, 1.165) is 0 Å². The molecule has 152 valence electrons. The molecule has 2 saturated heterocycles. The summed E-state index contributed by atoms with van der Waals surface area (Å²) in [6.45, 7) is 5.72. The third-order valence-corrected chi connectivity index (χ3v) is 5.09. The lowest BCUT2D eigenvalue weighted by Crippen LogP contribution is -2.53. The number of esters is 1. The van der Waals surface area contributed by atoms with Crippen molar-refractivity contribution in [1.29, 1.82) is 0 Å². The second-order valence-corrected chi connectivity index (χ2v) is 8.19. The Bertz CT molecular complexity index is 789. The van der Waals surface area contributed by atoms with Gasteiger partial charge in [0.1, 0.15) is 5.60 Å². The number of rotatable bonds is 2. The highest BCUT2D eigenvalue weighted by Crippen LogP contribution is 2.41.